The number of carbonyl (C=O) groups is 1. The number of carbonyl (C=O) groups excluding carboxylic acids is 1. The van der Waals surface area contributed by atoms with E-state index in [9.17, 15) is 9.18 Å². The minimum Gasteiger partial charge on any atom is -0.496 e. The van der Waals surface area contributed by atoms with Gasteiger partial charge < -0.3 is 9.53 Å². The maximum atomic E-state index is 13.4. The van der Waals surface area contributed by atoms with E-state index in [1.54, 1.807) is 42.3 Å². The Bertz CT molecular complexity index is 1600. The lowest BCUT2D eigenvalue weighted by molar-refractivity contribution is -0.109. The smallest absolute Gasteiger partial charge is 0.127 e. The maximum absolute atomic E-state index is 13.4. The number of fused-ring (bicyclic) bond motifs is 3. The van der Waals surface area contributed by atoms with E-state index < -0.39 is 5.92 Å². The molecule has 172 valence electrons. The van der Waals surface area contributed by atoms with Crippen LogP contribution in [-0.2, 0) is 18.3 Å². The molecule has 0 amide bonds. The van der Waals surface area contributed by atoms with Crippen molar-refractivity contribution in [2.75, 3.05) is 7.11 Å². The summed E-state index contributed by atoms with van der Waals surface area (Å²) in [5.41, 5.74) is 5.42. The van der Waals surface area contributed by atoms with E-state index >= 15 is 0 Å². The number of nitrogens with zero attached hydrogens (tertiary/aromatic N) is 4. The van der Waals surface area contributed by atoms with Crippen LogP contribution in [0.15, 0.2) is 66.9 Å². The molecule has 7 heteroatoms. The summed E-state index contributed by atoms with van der Waals surface area (Å²) in [6.07, 6.45) is 3.04. The van der Waals surface area contributed by atoms with E-state index in [2.05, 4.69) is 11.1 Å². The van der Waals surface area contributed by atoms with E-state index in [-0.39, 0.29) is 5.82 Å². The predicted molar refractivity (Wildman–Crippen MR) is 132 cm³/mol. The molecule has 3 aromatic carbocycles. The second-order valence-corrected chi connectivity index (χ2v) is 8.36. The number of aromatic nitrogens is 3. The van der Waals surface area contributed by atoms with Gasteiger partial charge in [-0.1, -0.05) is 24.3 Å². The average molecular weight is 465 g/mol. The fraction of sp³-hybridized carbons (Fsp3) is 0.143. The predicted octanol–water partition coefficient (Wildman–Crippen LogP) is 5.33. The van der Waals surface area contributed by atoms with Crippen LogP contribution < -0.4 is 4.74 Å². The third-order valence-electron chi connectivity index (χ3n) is 6.28. The summed E-state index contributed by atoms with van der Waals surface area (Å²) in [4.78, 5) is 16.6. The van der Waals surface area contributed by atoms with Gasteiger partial charge in [-0.15, -0.1) is 0 Å². The lowest BCUT2D eigenvalue weighted by Gasteiger charge is -2.15. The molecule has 0 aliphatic heterocycles. The van der Waals surface area contributed by atoms with Crippen molar-refractivity contribution >= 4 is 28.1 Å². The molecule has 2 aromatic heterocycles. The van der Waals surface area contributed by atoms with Crippen LogP contribution in [0.5, 0.6) is 5.75 Å². The first-order chi connectivity index (χ1) is 17.0. The first kappa shape index (κ1) is 22.2. The minimum absolute atomic E-state index is 0.345. The number of aldehydes is 1. The third-order valence-corrected chi connectivity index (χ3v) is 6.28. The number of halogens is 1. The lowest BCUT2D eigenvalue weighted by Crippen LogP contribution is -2.06. The highest BCUT2D eigenvalue weighted by molar-refractivity contribution is 6.11. The first-order valence-corrected chi connectivity index (χ1v) is 11.1. The summed E-state index contributed by atoms with van der Waals surface area (Å²) in [6, 6.07) is 19.3. The van der Waals surface area contributed by atoms with Gasteiger partial charge in [0.25, 0.3) is 0 Å². The minimum atomic E-state index is -0.457. The Labute approximate surface area is 201 Å². The normalized spacial score (nSPS) is 11.9. The van der Waals surface area contributed by atoms with Crippen molar-refractivity contribution < 1.29 is 13.9 Å². The van der Waals surface area contributed by atoms with Crippen LogP contribution in [0.1, 0.15) is 22.6 Å². The van der Waals surface area contributed by atoms with Crippen LogP contribution in [0.4, 0.5) is 4.39 Å². The fourth-order valence-corrected chi connectivity index (χ4v) is 4.45. The molecule has 0 radical (unpaired) electrons. The Hall–Kier alpha value is -4.57. The summed E-state index contributed by atoms with van der Waals surface area (Å²) in [5, 5.41) is 15.7. The van der Waals surface area contributed by atoms with Gasteiger partial charge in [-0.05, 0) is 47.9 Å². The third kappa shape index (κ3) is 4.00. The number of hydrogen-bond acceptors (Lipinski definition) is 5. The highest BCUT2D eigenvalue weighted by Crippen LogP contribution is 2.37. The average Bonchev–Trinajstić information content (AvgIpc) is 3.24. The molecule has 0 spiro atoms. The van der Waals surface area contributed by atoms with Crippen molar-refractivity contribution in [3.05, 3.63) is 89.4 Å². The van der Waals surface area contributed by atoms with Gasteiger partial charge in [0, 0.05) is 35.4 Å². The maximum Gasteiger partial charge on any atom is 0.127 e. The Morgan fingerprint density at radius 3 is 2.54 bits per heavy atom. The molecule has 0 aliphatic carbocycles. The molecule has 5 aromatic rings. The van der Waals surface area contributed by atoms with Crippen LogP contribution in [0.2, 0.25) is 0 Å². The molecule has 0 aliphatic rings. The zero-order chi connectivity index (χ0) is 24.5. The molecule has 1 atom stereocenters. The van der Waals surface area contributed by atoms with Crippen molar-refractivity contribution in [2.24, 2.45) is 7.05 Å². The van der Waals surface area contributed by atoms with Crippen molar-refractivity contribution in [1.82, 2.24) is 14.8 Å². The lowest BCUT2D eigenvalue weighted by atomic mass is 9.91. The van der Waals surface area contributed by atoms with Crippen molar-refractivity contribution in [3.8, 4) is 23.1 Å². The number of nitriles is 1. The van der Waals surface area contributed by atoms with Crippen LogP contribution in [0, 0.1) is 17.1 Å². The number of hydrogen-bond donors (Lipinski definition) is 0. The number of methoxy groups -OCH3 is 1. The van der Waals surface area contributed by atoms with Gasteiger partial charge in [0.15, 0.2) is 0 Å². The Kier molecular flexibility index (Phi) is 5.71. The van der Waals surface area contributed by atoms with E-state index in [4.69, 9.17) is 15.1 Å². The summed E-state index contributed by atoms with van der Waals surface area (Å²) < 4.78 is 20.8. The van der Waals surface area contributed by atoms with Gasteiger partial charge >= 0.3 is 0 Å². The molecule has 0 saturated heterocycles. The fourth-order valence-electron chi connectivity index (χ4n) is 4.45. The molecule has 0 fully saturated rings. The number of pyridine rings is 1. The summed E-state index contributed by atoms with van der Waals surface area (Å²) in [5.74, 6) is -0.176. The van der Waals surface area contributed by atoms with Gasteiger partial charge in [-0.25, -0.2) is 4.39 Å². The van der Waals surface area contributed by atoms with Gasteiger partial charge in [0.2, 0.25) is 0 Å². The first-order valence-electron chi connectivity index (χ1n) is 11.1. The van der Waals surface area contributed by atoms with Gasteiger partial charge in [0.1, 0.15) is 23.5 Å². The highest BCUT2D eigenvalue weighted by atomic mass is 19.1. The van der Waals surface area contributed by atoms with Crippen LogP contribution in [0.3, 0.4) is 0 Å². The topological polar surface area (TPSA) is 80.8 Å². The van der Waals surface area contributed by atoms with Crippen LogP contribution >= 0.6 is 0 Å². The zero-order valence-electron chi connectivity index (χ0n) is 19.2. The molecule has 5 rings (SSSR count). The van der Waals surface area contributed by atoms with Crippen molar-refractivity contribution in [3.63, 3.8) is 0 Å². The molecule has 35 heavy (non-hydrogen) atoms. The van der Waals surface area contributed by atoms with Crippen LogP contribution in [-0.4, -0.2) is 28.2 Å². The summed E-state index contributed by atoms with van der Waals surface area (Å²) in [6.45, 7) is 0. The summed E-state index contributed by atoms with van der Waals surface area (Å²) in [7, 11) is 3.45. The SMILES string of the molecule is COc1cc2ncc3c(c(-c4ccc(C#N)cc4)nn3C)c2cc1CC(C=O)c1ccc(F)cc1. The second-order valence-electron chi connectivity index (χ2n) is 8.36. The van der Waals surface area contributed by atoms with Crippen molar-refractivity contribution in [1.29, 1.82) is 5.26 Å². The Balaban J connectivity index is 1.69. The molecule has 6 nitrogen and oxygen atoms in total. The number of benzene rings is 3. The monoisotopic (exact) mass is 464 g/mol. The molecule has 0 bridgehead atoms. The number of ether oxygens (including phenoxy) is 1. The molecule has 2 heterocycles. The van der Waals surface area contributed by atoms with Gasteiger partial charge in [0.05, 0.1) is 36.0 Å². The molecular formula is C28H21FN4O2. The highest BCUT2D eigenvalue weighted by Gasteiger charge is 2.19. The van der Waals surface area contributed by atoms with Gasteiger partial charge in [-0.2, -0.15) is 10.4 Å². The molecule has 0 saturated carbocycles. The summed E-state index contributed by atoms with van der Waals surface area (Å²) >= 11 is 0. The molecule has 0 N–H and O–H groups in total. The number of aryl methyl sites for hydroxylation is 1. The second kappa shape index (κ2) is 8.99. The largest absolute Gasteiger partial charge is 0.496 e. The number of rotatable bonds is 6. The Morgan fingerprint density at radius 1 is 1.14 bits per heavy atom. The molecule has 1 unspecified atom stereocenters. The van der Waals surface area contributed by atoms with Gasteiger partial charge in [-0.3, -0.25) is 9.67 Å². The molecular weight excluding hydrogens is 443 g/mol. The van der Waals surface area contributed by atoms with E-state index in [0.717, 1.165) is 50.5 Å². The standard InChI is InChI=1S/C28H21FN4O2/c1-33-25-15-31-24-13-26(35-2)20(11-21(16-34)18-7-9-22(29)10-8-18)12-23(24)27(25)28(32-33)19-5-3-17(14-30)4-6-19/h3-10,12-13,15-16,21H,11H2,1-2H3. The van der Waals surface area contributed by atoms with E-state index in [0.29, 0.717) is 17.7 Å². The van der Waals surface area contributed by atoms with E-state index in [1.165, 1.54) is 12.1 Å². The van der Waals surface area contributed by atoms with E-state index in [1.807, 2.05) is 31.3 Å². The quantitative estimate of drug-likeness (QED) is 0.317. The Morgan fingerprint density at radius 2 is 1.89 bits per heavy atom. The van der Waals surface area contributed by atoms with Crippen LogP contribution in [0.25, 0.3) is 33.1 Å². The zero-order valence-corrected chi connectivity index (χ0v) is 19.2. The van der Waals surface area contributed by atoms with Crippen molar-refractivity contribution in [2.45, 2.75) is 12.3 Å².